The standard InChI is InChI=1S/C8H13N5O/c9-7-6(2-1-3-12-7)11-4-5-13-8(10)14/h1-3,11H,4-5H2,(H2,9,12)(H3,10,13,14). The van der Waals surface area contributed by atoms with Gasteiger partial charge in [0.2, 0.25) is 0 Å². The molecule has 1 aromatic heterocycles. The quantitative estimate of drug-likeness (QED) is 0.497. The molecule has 6 heteroatoms. The summed E-state index contributed by atoms with van der Waals surface area (Å²) in [6, 6.07) is 3.05. The first-order valence-electron chi connectivity index (χ1n) is 4.18. The van der Waals surface area contributed by atoms with Gasteiger partial charge in [0.15, 0.2) is 0 Å². The fraction of sp³-hybridized carbons (Fsp3) is 0.250. The number of nitrogens with one attached hydrogen (secondary N) is 2. The van der Waals surface area contributed by atoms with Crippen molar-refractivity contribution in [1.29, 1.82) is 0 Å². The highest BCUT2D eigenvalue weighted by Crippen LogP contribution is 2.12. The minimum atomic E-state index is -0.536. The number of aromatic nitrogens is 1. The number of hydrogen-bond acceptors (Lipinski definition) is 4. The van der Waals surface area contributed by atoms with Gasteiger partial charge in [-0.3, -0.25) is 0 Å². The van der Waals surface area contributed by atoms with Crippen LogP contribution in [0.3, 0.4) is 0 Å². The van der Waals surface area contributed by atoms with E-state index in [4.69, 9.17) is 11.5 Å². The van der Waals surface area contributed by atoms with E-state index >= 15 is 0 Å². The Hall–Kier alpha value is -1.98. The number of urea groups is 1. The number of rotatable bonds is 4. The van der Waals surface area contributed by atoms with Gasteiger partial charge in [0.05, 0.1) is 5.69 Å². The number of amides is 2. The predicted octanol–water partition coefficient (Wildman–Crippen LogP) is -0.256. The SMILES string of the molecule is NC(=O)NCCNc1cccnc1N. The number of carbonyl (C=O) groups excluding carboxylic acids is 1. The van der Waals surface area contributed by atoms with Crippen molar-refractivity contribution in [1.82, 2.24) is 10.3 Å². The lowest BCUT2D eigenvalue weighted by Gasteiger charge is -2.07. The number of nitrogens with zero attached hydrogens (tertiary/aromatic N) is 1. The summed E-state index contributed by atoms with van der Waals surface area (Å²) in [6.45, 7) is 1.00. The molecule has 0 fully saturated rings. The van der Waals surface area contributed by atoms with E-state index in [1.54, 1.807) is 12.3 Å². The van der Waals surface area contributed by atoms with E-state index < -0.39 is 6.03 Å². The van der Waals surface area contributed by atoms with Crippen molar-refractivity contribution in [2.24, 2.45) is 5.73 Å². The molecule has 0 saturated heterocycles. The Labute approximate surface area is 81.7 Å². The Bertz CT molecular complexity index is 314. The Morgan fingerprint density at radius 1 is 1.50 bits per heavy atom. The Morgan fingerprint density at radius 3 is 2.93 bits per heavy atom. The largest absolute Gasteiger partial charge is 0.382 e. The van der Waals surface area contributed by atoms with Gasteiger partial charge in [-0.05, 0) is 12.1 Å². The number of anilines is 2. The second-order valence-corrected chi connectivity index (χ2v) is 2.65. The highest BCUT2D eigenvalue weighted by Gasteiger charge is 1.97. The van der Waals surface area contributed by atoms with Crippen LogP contribution in [0.4, 0.5) is 16.3 Å². The summed E-state index contributed by atoms with van der Waals surface area (Å²) in [6.07, 6.45) is 1.61. The molecule has 0 saturated carbocycles. The first kappa shape index (κ1) is 10.1. The third-order valence-electron chi connectivity index (χ3n) is 1.58. The van der Waals surface area contributed by atoms with Crippen molar-refractivity contribution in [3.8, 4) is 0 Å². The molecule has 0 atom stereocenters. The molecule has 0 aliphatic rings. The summed E-state index contributed by atoms with van der Waals surface area (Å²) in [5.74, 6) is 0.437. The molecule has 76 valence electrons. The number of nitrogens with two attached hydrogens (primary N) is 2. The van der Waals surface area contributed by atoms with Gasteiger partial charge in [-0.1, -0.05) is 0 Å². The second kappa shape index (κ2) is 4.90. The van der Waals surface area contributed by atoms with Gasteiger partial charge in [-0.25, -0.2) is 9.78 Å². The Morgan fingerprint density at radius 2 is 2.29 bits per heavy atom. The van der Waals surface area contributed by atoms with Crippen LogP contribution in [0, 0.1) is 0 Å². The van der Waals surface area contributed by atoms with E-state index in [9.17, 15) is 4.79 Å². The van der Waals surface area contributed by atoms with Gasteiger partial charge < -0.3 is 22.1 Å². The maximum Gasteiger partial charge on any atom is 0.312 e. The average molecular weight is 195 g/mol. The topological polar surface area (TPSA) is 106 Å². The van der Waals surface area contributed by atoms with Gasteiger partial charge >= 0.3 is 6.03 Å². The van der Waals surface area contributed by atoms with Crippen molar-refractivity contribution in [3.05, 3.63) is 18.3 Å². The Kier molecular flexibility index (Phi) is 3.54. The van der Waals surface area contributed by atoms with E-state index in [0.29, 0.717) is 18.9 Å². The summed E-state index contributed by atoms with van der Waals surface area (Å²) < 4.78 is 0. The van der Waals surface area contributed by atoms with Gasteiger partial charge in [-0.2, -0.15) is 0 Å². The van der Waals surface area contributed by atoms with Gasteiger partial charge in [0.25, 0.3) is 0 Å². The molecule has 1 rings (SSSR count). The van der Waals surface area contributed by atoms with E-state index in [2.05, 4.69) is 15.6 Å². The molecule has 0 aliphatic heterocycles. The van der Waals surface area contributed by atoms with Crippen LogP contribution in [0.5, 0.6) is 0 Å². The zero-order valence-electron chi connectivity index (χ0n) is 7.66. The van der Waals surface area contributed by atoms with Crippen molar-refractivity contribution in [2.75, 3.05) is 24.1 Å². The lowest BCUT2D eigenvalue weighted by molar-refractivity contribution is 0.249. The summed E-state index contributed by atoms with van der Waals surface area (Å²) in [5, 5.41) is 5.46. The van der Waals surface area contributed by atoms with Crippen LogP contribution in [0.2, 0.25) is 0 Å². The van der Waals surface area contributed by atoms with Crippen molar-refractivity contribution >= 4 is 17.5 Å². The van der Waals surface area contributed by atoms with Crippen LogP contribution in [-0.2, 0) is 0 Å². The van der Waals surface area contributed by atoms with E-state index in [1.165, 1.54) is 0 Å². The Balaban J connectivity index is 2.31. The zero-order chi connectivity index (χ0) is 10.4. The van der Waals surface area contributed by atoms with Crippen molar-refractivity contribution < 1.29 is 4.79 Å². The van der Waals surface area contributed by atoms with Crippen LogP contribution in [0.15, 0.2) is 18.3 Å². The average Bonchev–Trinajstić information content (AvgIpc) is 2.15. The molecule has 0 aliphatic carbocycles. The van der Waals surface area contributed by atoms with Crippen LogP contribution >= 0.6 is 0 Å². The maximum absolute atomic E-state index is 10.3. The highest BCUT2D eigenvalue weighted by molar-refractivity contribution is 5.71. The number of primary amides is 1. The first-order valence-corrected chi connectivity index (χ1v) is 4.18. The molecule has 0 spiro atoms. The number of carbonyl (C=O) groups is 1. The first-order chi connectivity index (χ1) is 6.70. The third kappa shape index (κ3) is 3.18. The van der Waals surface area contributed by atoms with E-state index in [0.717, 1.165) is 5.69 Å². The van der Waals surface area contributed by atoms with Crippen LogP contribution in [0.25, 0.3) is 0 Å². The normalized spacial score (nSPS) is 9.43. The number of hydrogen-bond donors (Lipinski definition) is 4. The molecule has 6 N–H and O–H groups in total. The summed E-state index contributed by atoms with van der Waals surface area (Å²) >= 11 is 0. The van der Waals surface area contributed by atoms with Gasteiger partial charge in [-0.15, -0.1) is 0 Å². The third-order valence-corrected chi connectivity index (χ3v) is 1.58. The molecule has 1 aromatic rings. The summed E-state index contributed by atoms with van der Waals surface area (Å²) in [7, 11) is 0. The lowest BCUT2D eigenvalue weighted by atomic mass is 10.4. The van der Waals surface area contributed by atoms with Gasteiger partial charge in [0, 0.05) is 19.3 Å². The smallest absolute Gasteiger partial charge is 0.312 e. The molecule has 0 radical (unpaired) electrons. The molecule has 14 heavy (non-hydrogen) atoms. The molecular formula is C8H13N5O. The minimum Gasteiger partial charge on any atom is -0.382 e. The predicted molar refractivity (Wildman–Crippen MR) is 54.7 cm³/mol. The fourth-order valence-electron chi connectivity index (χ4n) is 0.950. The monoisotopic (exact) mass is 195 g/mol. The van der Waals surface area contributed by atoms with E-state index in [1.807, 2.05) is 6.07 Å². The molecular weight excluding hydrogens is 182 g/mol. The van der Waals surface area contributed by atoms with Crippen molar-refractivity contribution in [3.63, 3.8) is 0 Å². The number of pyridine rings is 1. The highest BCUT2D eigenvalue weighted by atomic mass is 16.2. The number of nitrogen functional groups attached to an aromatic ring is 1. The molecule has 0 unspecified atom stereocenters. The molecule has 0 aromatic carbocycles. The second-order valence-electron chi connectivity index (χ2n) is 2.65. The van der Waals surface area contributed by atoms with Crippen LogP contribution < -0.4 is 22.1 Å². The maximum atomic E-state index is 10.3. The minimum absolute atomic E-state index is 0.437. The van der Waals surface area contributed by atoms with Crippen molar-refractivity contribution in [2.45, 2.75) is 0 Å². The lowest BCUT2D eigenvalue weighted by Crippen LogP contribution is -2.33. The summed E-state index contributed by atoms with van der Waals surface area (Å²) in [5.41, 5.74) is 11.2. The van der Waals surface area contributed by atoms with E-state index in [-0.39, 0.29) is 0 Å². The van der Waals surface area contributed by atoms with Crippen LogP contribution in [-0.4, -0.2) is 24.1 Å². The van der Waals surface area contributed by atoms with Crippen LogP contribution in [0.1, 0.15) is 0 Å². The zero-order valence-corrected chi connectivity index (χ0v) is 7.66. The molecule has 0 bridgehead atoms. The molecule has 2 amide bonds. The van der Waals surface area contributed by atoms with Gasteiger partial charge in [0.1, 0.15) is 5.82 Å². The molecule has 6 nitrogen and oxygen atoms in total. The molecule has 1 heterocycles. The fourth-order valence-corrected chi connectivity index (χ4v) is 0.950. The summed E-state index contributed by atoms with van der Waals surface area (Å²) in [4.78, 5) is 14.2.